The molecule has 3 heterocycles. The highest BCUT2D eigenvalue weighted by Crippen LogP contribution is 2.28. The van der Waals surface area contributed by atoms with Crippen LogP contribution in [0.1, 0.15) is 38.2 Å². The number of piperidine rings is 1. The average molecular weight is 503 g/mol. The van der Waals surface area contributed by atoms with E-state index in [-0.39, 0.29) is 0 Å². The van der Waals surface area contributed by atoms with Gasteiger partial charge in [-0.25, -0.2) is 0 Å². The van der Waals surface area contributed by atoms with Crippen LogP contribution in [0, 0.1) is 5.92 Å². The number of benzene rings is 2. The number of para-hydroxylation sites is 1. The molecule has 36 heavy (non-hydrogen) atoms. The number of ether oxygens (including phenoxy) is 1. The molecule has 2 N–H and O–H groups in total. The Morgan fingerprint density at radius 2 is 1.72 bits per heavy atom. The first kappa shape index (κ1) is 24.3. The van der Waals surface area contributed by atoms with Gasteiger partial charge in [0, 0.05) is 44.5 Å². The zero-order chi connectivity index (χ0) is 24.7. The molecule has 0 saturated carbocycles. The summed E-state index contributed by atoms with van der Waals surface area (Å²) in [5.74, 6) is 3.14. The lowest BCUT2D eigenvalue weighted by atomic mass is 10.0. The lowest BCUT2D eigenvalue weighted by molar-refractivity contribution is 0.440. The number of nitrogens with zero attached hydrogens (tertiary/aromatic N) is 4. The summed E-state index contributed by atoms with van der Waals surface area (Å²) in [6, 6.07) is 20.3. The Balaban J connectivity index is 1.25. The van der Waals surface area contributed by atoms with Crippen LogP contribution in [0.5, 0.6) is 11.6 Å². The van der Waals surface area contributed by atoms with E-state index in [1.165, 1.54) is 30.5 Å². The molecule has 188 valence electrons. The van der Waals surface area contributed by atoms with E-state index in [0.29, 0.717) is 29.4 Å². The van der Waals surface area contributed by atoms with Crippen LogP contribution in [0.2, 0.25) is 0 Å². The fourth-order valence-electron chi connectivity index (χ4n) is 4.82. The third-order valence-electron chi connectivity index (χ3n) is 6.72. The monoisotopic (exact) mass is 502 g/mol. The average Bonchev–Trinajstić information content (AvgIpc) is 3.43. The van der Waals surface area contributed by atoms with Crippen molar-refractivity contribution in [2.24, 2.45) is 5.92 Å². The summed E-state index contributed by atoms with van der Waals surface area (Å²) in [7, 11) is 0. The van der Waals surface area contributed by atoms with E-state index in [1.807, 2.05) is 36.4 Å². The molecule has 2 aliphatic rings. The van der Waals surface area contributed by atoms with Gasteiger partial charge in [-0.3, -0.25) is 0 Å². The van der Waals surface area contributed by atoms with Crippen molar-refractivity contribution >= 4 is 34.8 Å². The van der Waals surface area contributed by atoms with E-state index in [0.717, 1.165) is 44.2 Å². The van der Waals surface area contributed by atoms with Crippen LogP contribution in [-0.2, 0) is 6.54 Å². The molecule has 1 aromatic heterocycles. The van der Waals surface area contributed by atoms with Gasteiger partial charge in [-0.2, -0.15) is 9.97 Å². The van der Waals surface area contributed by atoms with Crippen molar-refractivity contribution in [2.45, 2.75) is 39.2 Å². The van der Waals surface area contributed by atoms with Gasteiger partial charge in [0.05, 0.1) is 0 Å². The van der Waals surface area contributed by atoms with Crippen LogP contribution in [0.3, 0.4) is 0 Å². The Morgan fingerprint density at radius 1 is 0.972 bits per heavy atom. The number of rotatable bonds is 7. The Labute approximate surface area is 218 Å². The fraction of sp³-hybridized carbons (Fsp3) is 0.393. The topological polar surface area (TPSA) is 65.6 Å². The van der Waals surface area contributed by atoms with Crippen molar-refractivity contribution in [1.82, 2.24) is 15.3 Å². The molecule has 0 unspecified atom stereocenters. The van der Waals surface area contributed by atoms with E-state index in [9.17, 15) is 0 Å². The second-order valence-corrected chi connectivity index (χ2v) is 10.1. The highest BCUT2D eigenvalue weighted by Gasteiger charge is 2.20. The zero-order valence-electron chi connectivity index (χ0n) is 20.8. The smallest absolute Gasteiger partial charge is 0.234 e. The third kappa shape index (κ3) is 6.43. The van der Waals surface area contributed by atoms with E-state index >= 15 is 0 Å². The minimum atomic E-state index is 0.429. The van der Waals surface area contributed by atoms with Crippen LogP contribution in [-0.4, -0.2) is 41.3 Å². The first-order valence-electron chi connectivity index (χ1n) is 12.9. The zero-order valence-corrected chi connectivity index (χ0v) is 21.6. The Kier molecular flexibility index (Phi) is 7.81. The van der Waals surface area contributed by atoms with E-state index in [4.69, 9.17) is 21.9 Å². The summed E-state index contributed by atoms with van der Waals surface area (Å²) >= 11 is 5.57. The highest BCUT2D eigenvalue weighted by molar-refractivity contribution is 7.80. The van der Waals surface area contributed by atoms with E-state index < -0.39 is 0 Å². The minimum Gasteiger partial charge on any atom is -0.439 e. The molecule has 8 heteroatoms. The van der Waals surface area contributed by atoms with Gasteiger partial charge in [0.25, 0.3) is 0 Å². The number of thiocarbonyl (C=S) groups is 1. The van der Waals surface area contributed by atoms with Crippen LogP contribution < -0.4 is 25.2 Å². The standard InChI is InChI=1S/C28H34N6OS/c1-21-8-7-17-34(20-21)25-18-26(35-24-9-3-2-4-10-24)31-27(30-25)32-28(36)29-19-22-11-13-23(14-12-22)33-15-5-6-16-33/h2-4,9-14,18,21H,5-8,15-17,19-20H2,1H3,(H2,29,30,31,32,36)/t21-/m1/s1. The second-order valence-electron chi connectivity index (χ2n) is 9.66. The van der Waals surface area contributed by atoms with Crippen molar-refractivity contribution < 1.29 is 4.74 Å². The predicted molar refractivity (Wildman–Crippen MR) is 150 cm³/mol. The highest BCUT2D eigenvalue weighted by atomic mass is 32.1. The normalized spacial score (nSPS) is 17.6. The lowest BCUT2D eigenvalue weighted by Crippen LogP contribution is -2.35. The van der Waals surface area contributed by atoms with Gasteiger partial charge in [-0.15, -0.1) is 0 Å². The summed E-state index contributed by atoms with van der Waals surface area (Å²) < 4.78 is 6.06. The SMILES string of the molecule is C[C@@H]1CCCN(c2cc(Oc3ccccc3)nc(NC(=S)NCc3ccc(N4CCCC4)cc3)n2)C1. The molecule has 7 nitrogen and oxygen atoms in total. The molecule has 2 saturated heterocycles. The summed E-state index contributed by atoms with van der Waals surface area (Å²) in [6.45, 7) is 7.15. The van der Waals surface area contributed by atoms with Crippen LogP contribution >= 0.6 is 12.2 Å². The first-order chi connectivity index (χ1) is 17.6. The maximum absolute atomic E-state index is 6.06. The summed E-state index contributed by atoms with van der Waals surface area (Å²) in [4.78, 5) is 14.1. The number of nitrogens with one attached hydrogen (secondary N) is 2. The van der Waals surface area contributed by atoms with Crippen LogP contribution in [0.4, 0.5) is 17.5 Å². The maximum atomic E-state index is 6.06. The molecule has 0 aliphatic carbocycles. The number of aromatic nitrogens is 2. The Bertz CT molecular complexity index is 1150. The van der Waals surface area contributed by atoms with Crippen molar-refractivity contribution in [3.8, 4) is 11.6 Å². The predicted octanol–water partition coefficient (Wildman–Crippen LogP) is 5.59. The second kappa shape index (κ2) is 11.6. The summed E-state index contributed by atoms with van der Waals surface area (Å²) in [5, 5.41) is 6.93. The molecule has 2 aromatic carbocycles. The molecule has 1 atom stereocenters. The molecule has 0 bridgehead atoms. The Morgan fingerprint density at radius 3 is 2.47 bits per heavy atom. The van der Waals surface area contributed by atoms with Crippen molar-refractivity contribution in [3.63, 3.8) is 0 Å². The van der Waals surface area contributed by atoms with E-state index in [2.05, 4.69) is 56.6 Å². The third-order valence-corrected chi connectivity index (χ3v) is 6.97. The Hall–Kier alpha value is -3.39. The molecule has 2 fully saturated rings. The van der Waals surface area contributed by atoms with Gasteiger partial charge < -0.3 is 25.2 Å². The molecule has 5 rings (SSSR count). The maximum Gasteiger partial charge on any atom is 0.234 e. The minimum absolute atomic E-state index is 0.429. The quantitative estimate of drug-likeness (QED) is 0.405. The van der Waals surface area contributed by atoms with Gasteiger partial charge >= 0.3 is 0 Å². The van der Waals surface area contributed by atoms with Crippen LogP contribution in [0.15, 0.2) is 60.7 Å². The fourth-order valence-corrected chi connectivity index (χ4v) is 4.98. The molecule has 0 radical (unpaired) electrons. The van der Waals surface area contributed by atoms with Crippen molar-refractivity contribution in [1.29, 1.82) is 0 Å². The summed E-state index contributed by atoms with van der Waals surface area (Å²) in [5.41, 5.74) is 2.47. The lowest BCUT2D eigenvalue weighted by Gasteiger charge is -2.32. The molecule has 2 aliphatic heterocycles. The molecular weight excluding hydrogens is 468 g/mol. The number of anilines is 3. The summed E-state index contributed by atoms with van der Waals surface area (Å²) in [6.07, 6.45) is 4.95. The largest absolute Gasteiger partial charge is 0.439 e. The van der Waals surface area contributed by atoms with Crippen molar-refractivity contribution in [3.05, 3.63) is 66.2 Å². The van der Waals surface area contributed by atoms with Gasteiger partial charge in [0.1, 0.15) is 11.6 Å². The van der Waals surface area contributed by atoms with Gasteiger partial charge in [0.2, 0.25) is 11.8 Å². The van der Waals surface area contributed by atoms with Gasteiger partial charge in [-0.05, 0) is 73.6 Å². The molecule has 3 aromatic rings. The van der Waals surface area contributed by atoms with Gasteiger partial charge in [0.15, 0.2) is 5.11 Å². The number of hydrogen-bond donors (Lipinski definition) is 2. The molecular formula is C28H34N6OS. The van der Waals surface area contributed by atoms with Crippen LogP contribution in [0.25, 0.3) is 0 Å². The molecule has 0 spiro atoms. The number of hydrogen-bond acceptors (Lipinski definition) is 6. The van der Waals surface area contributed by atoms with Crippen molar-refractivity contribution in [2.75, 3.05) is 41.3 Å². The molecule has 0 amide bonds. The van der Waals surface area contributed by atoms with Gasteiger partial charge in [-0.1, -0.05) is 37.3 Å². The first-order valence-corrected chi connectivity index (χ1v) is 13.3. The van der Waals surface area contributed by atoms with E-state index in [1.54, 1.807) is 0 Å².